The van der Waals surface area contributed by atoms with E-state index in [-0.39, 0.29) is 5.91 Å². The van der Waals surface area contributed by atoms with Crippen LogP contribution < -0.4 is 0 Å². The van der Waals surface area contributed by atoms with Crippen molar-refractivity contribution in [2.45, 2.75) is 52.0 Å². The number of nitrogens with zero attached hydrogens (tertiary/aromatic N) is 4. The molecule has 1 aliphatic carbocycles. The van der Waals surface area contributed by atoms with Gasteiger partial charge in [-0.25, -0.2) is 4.68 Å². The largest absolute Gasteiger partial charge is 0.335 e. The molecule has 2 aliphatic rings. The van der Waals surface area contributed by atoms with E-state index in [1.54, 1.807) is 11.3 Å². The maximum absolute atomic E-state index is 13.3. The lowest BCUT2D eigenvalue weighted by Crippen LogP contribution is -2.52. The first-order valence-electron chi connectivity index (χ1n) is 11.2. The number of fused-ring (bicyclic) bond motifs is 1. The van der Waals surface area contributed by atoms with Crippen LogP contribution in [-0.2, 0) is 0 Å². The van der Waals surface area contributed by atoms with E-state index in [1.165, 1.54) is 37.7 Å². The summed E-state index contributed by atoms with van der Waals surface area (Å²) in [4.78, 5) is 19.8. The minimum Gasteiger partial charge on any atom is -0.335 e. The lowest BCUT2D eigenvalue weighted by atomic mass is 9.94. The number of piperazine rings is 1. The molecule has 0 radical (unpaired) electrons. The van der Waals surface area contributed by atoms with Gasteiger partial charge in [0.1, 0.15) is 4.83 Å². The smallest absolute Gasteiger partial charge is 0.264 e. The van der Waals surface area contributed by atoms with Crippen LogP contribution in [0.1, 0.15) is 53.0 Å². The third kappa shape index (κ3) is 3.67. The van der Waals surface area contributed by atoms with Gasteiger partial charge >= 0.3 is 0 Å². The molecule has 3 aromatic rings. The van der Waals surface area contributed by atoms with Crippen LogP contribution in [0.2, 0.25) is 0 Å². The fourth-order valence-electron chi connectivity index (χ4n) is 4.98. The van der Waals surface area contributed by atoms with Gasteiger partial charge in [-0.3, -0.25) is 9.69 Å². The summed E-state index contributed by atoms with van der Waals surface area (Å²) in [5, 5.41) is 5.82. The van der Waals surface area contributed by atoms with Crippen molar-refractivity contribution in [3.8, 4) is 5.69 Å². The zero-order chi connectivity index (χ0) is 20.7. The average molecular weight is 423 g/mol. The molecule has 1 saturated carbocycles. The van der Waals surface area contributed by atoms with Gasteiger partial charge < -0.3 is 4.90 Å². The van der Waals surface area contributed by atoms with E-state index in [4.69, 9.17) is 5.10 Å². The fraction of sp³-hybridized carbons (Fsp3) is 0.500. The molecule has 158 valence electrons. The van der Waals surface area contributed by atoms with Crippen LogP contribution in [0.3, 0.4) is 0 Å². The van der Waals surface area contributed by atoms with Gasteiger partial charge in [0, 0.05) is 37.6 Å². The average Bonchev–Trinajstić information content (AvgIpc) is 3.35. The Labute approximate surface area is 182 Å². The first-order valence-corrected chi connectivity index (χ1v) is 12.0. The zero-order valence-corrected chi connectivity index (χ0v) is 18.7. The number of aryl methyl sites for hydroxylation is 2. The van der Waals surface area contributed by atoms with E-state index < -0.39 is 0 Å². The summed E-state index contributed by atoms with van der Waals surface area (Å²) in [5.74, 6) is 0.176. The van der Waals surface area contributed by atoms with Crippen LogP contribution in [0.4, 0.5) is 0 Å². The molecule has 2 fully saturated rings. The second kappa shape index (κ2) is 8.16. The van der Waals surface area contributed by atoms with Crippen molar-refractivity contribution >= 4 is 27.5 Å². The van der Waals surface area contributed by atoms with E-state index in [0.717, 1.165) is 58.7 Å². The molecule has 0 bridgehead atoms. The Bertz CT molecular complexity index is 1050. The van der Waals surface area contributed by atoms with E-state index in [9.17, 15) is 4.79 Å². The summed E-state index contributed by atoms with van der Waals surface area (Å²) in [5.41, 5.74) is 3.23. The highest BCUT2D eigenvalue weighted by molar-refractivity contribution is 7.20. The van der Waals surface area contributed by atoms with Crippen molar-refractivity contribution in [3.63, 3.8) is 0 Å². The van der Waals surface area contributed by atoms with Crippen molar-refractivity contribution in [1.82, 2.24) is 19.6 Å². The van der Waals surface area contributed by atoms with Crippen LogP contribution in [0.5, 0.6) is 0 Å². The van der Waals surface area contributed by atoms with E-state index in [2.05, 4.69) is 36.1 Å². The van der Waals surface area contributed by atoms with Crippen molar-refractivity contribution < 1.29 is 4.79 Å². The summed E-state index contributed by atoms with van der Waals surface area (Å²) in [6.45, 7) is 7.82. The van der Waals surface area contributed by atoms with Crippen molar-refractivity contribution in [3.05, 3.63) is 46.5 Å². The third-order valence-electron chi connectivity index (χ3n) is 6.69. The number of carbonyl (C=O) groups is 1. The molecule has 1 saturated heterocycles. The molecule has 1 amide bonds. The number of aromatic nitrogens is 2. The number of hydrogen-bond donors (Lipinski definition) is 0. The monoisotopic (exact) mass is 422 g/mol. The van der Waals surface area contributed by atoms with Gasteiger partial charge in [0.25, 0.3) is 5.91 Å². The Morgan fingerprint density at radius 2 is 1.80 bits per heavy atom. The van der Waals surface area contributed by atoms with E-state index in [0.29, 0.717) is 0 Å². The molecule has 2 aromatic heterocycles. The number of benzene rings is 1. The minimum absolute atomic E-state index is 0.176. The summed E-state index contributed by atoms with van der Waals surface area (Å²) < 4.78 is 1.99. The molecule has 5 rings (SSSR count). The molecule has 0 spiro atoms. The van der Waals surface area contributed by atoms with Gasteiger partial charge in [-0.2, -0.15) is 5.10 Å². The predicted molar refractivity (Wildman–Crippen MR) is 123 cm³/mol. The van der Waals surface area contributed by atoms with E-state index in [1.807, 2.05) is 22.6 Å². The highest BCUT2D eigenvalue weighted by Gasteiger charge is 2.28. The topological polar surface area (TPSA) is 41.4 Å². The first-order chi connectivity index (χ1) is 14.6. The SMILES string of the molecule is Cc1cccc(-n2nc(C)c3cc(C(=O)N4CCN(C5CCCCC5)CC4)sc32)c1. The number of thiophene rings is 1. The minimum atomic E-state index is 0.176. The summed E-state index contributed by atoms with van der Waals surface area (Å²) in [7, 11) is 0. The number of rotatable bonds is 3. The molecular formula is C24H30N4OS. The Balaban J connectivity index is 1.34. The van der Waals surface area contributed by atoms with Crippen LogP contribution in [0, 0.1) is 13.8 Å². The van der Waals surface area contributed by atoms with Crippen molar-refractivity contribution in [1.29, 1.82) is 0 Å². The van der Waals surface area contributed by atoms with Gasteiger partial charge in [0.2, 0.25) is 0 Å². The molecule has 30 heavy (non-hydrogen) atoms. The van der Waals surface area contributed by atoms with Crippen LogP contribution >= 0.6 is 11.3 Å². The molecule has 0 N–H and O–H groups in total. The van der Waals surface area contributed by atoms with Gasteiger partial charge in [-0.05, 0) is 50.5 Å². The second-order valence-electron chi connectivity index (χ2n) is 8.79. The molecule has 5 nitrogen and oxygen atoms in total. The fourth-order valence-corrected chi connectivity index (χ4v) is 6.13. The molecule has 0 atom stereocenters. The van der Waals surface area contributed by atoms with Gasteiger partial charge in [-0.1, -0.05) is 31.4 Å². The van der Waals surface area contributed by atoms with Crippen LogP contribution in [0.25, 0.3) is 15.9 Å². The summed E-state index contributed by atoms with van der Waals surface area (Å²) in [6.07, 6.45) is 6.78. The van der Waals surface area contributed by atoms with Gasteiger partial charge in [-0.15, -0.1) is 11.3 Å². The Hall–Kier alpha value is -2.18. The molecule has 3 heterocycles. The quantitative estimate of drug-likeness (QED) is 0.609. The Morgan fingerprint density at radius 1 is 1.03 bits per heavy atom. The molecule has 0 unspecified atom stereocenters. The van der Waals surface area contributed by atoms with Gasteiger partial charge in [0.15, 0.2) is 0 Å². The highest BCUT2D eigenvalue weighted by atomic mass is 32.1. The molecule has 1 aromatic carbocycles. The third-order valence-corrected chi connectivity index (χ3v) is 7.79. The maximum Gasteiger partial charge on any atom is 0.264 e. The number of carbonyl (C=O) groups excluding carboxylic acids is 1. The summed E-state index contributed by atoms with van der Waals surface area (Å²) >= 11 is 1.57. The predicted octanol–water partition coefficient (Wildman–Crippen LogP) is 4.79. The Kier molecular flexibility index (Phi) is 5.37. The van der Waals surface area contributed by atoms with E-state index >= 15 is 0 Å². The van der Waals surface area contributed by atoms with Crippen LogP contribution in [-0.4, -0.2) is 57.7 Å². The second-order valence-corrected chi connectivity index (χ2v) is 9.82. The molecule has 1 aliphatic heterocycles. The number of hydrogen-bond acceptors (Lipinski definition) is 4. The van der Waals surface area contributed by atoms with Crippen molar-refractivity contribution in [2.75, 3.05) is 26.2 Å². The standard InChI is InChI=1S/C24H30N4OS/c1-17-7-6-10-20(15-17)28-24-21(18(2)25-28)16-22(30-24)23(29)27-13-11-26(12-14-27)19-8-4-3-5-9-19/h6-7,10,15-16,19H,3-5,8-9,11-14H2,1-2H3. The molecule has 6 heteroatoms. The normalized spacial score (nSPS) is 18.9. The van der Waals surface area contributed by atoms with Gasteiger partial charge in [0.05, 0.1) is 16.3 Å². The summed E-state index contributed by atoms with van der Waals surface area (Å²) in [6, 6.07) is 11.1. The van der Waals surface area contributed by atoms with Crippen LogP contribution in [0.15, 0.2) is 30.3 Å². The highest BCUT2D eigenvalue weighted by Crippen LogP contribution is 2.32. The Morgan fingerprint density at radius 3 is 2.53 bits per heavy atom. The van der Waals surface area contributed by atoms with Crippen molar-refractivity contribution in [2.24, 2.45) is 0 Å². The molecular weight excluding hydrogens is 392 g/mol. The lowest BCUT2D eigenvalue weighted by Gasteiger charge is -2.40. The lowest BCUT2D eigenvalue weighted by molar-refractivity contribution is 0.0527. The number of amides is 1. The zero-order valence-electron chi connectivity index (χ0n) is 17.9. The first kappa shape index (κ1) is 19.8. The maximum atomic E-state index is 13.3.